The van der Waals surface area contributed by atoms with E-state index >= 15 is 0 Å². The first-order chi connectivity index (χ1) is 19.5. The van der Waals surface area contributed by atoms with Crippen LogP contribution in [0.3, 0.4) is 0 Å². The Balaban J connectivity index is 1.38. The number of fused-ring (bicyclic) bond motifs is 1. The molecule has 2 aliphatic rings. The average molecular weight is 540 g/mol. The average Bonchev–Trinajstić information content (AvgIpc) is 3.52. The minimum Gasteiger partial charge on any atom is -0.465 e. The van der Waals surface area contributed by atoms with E-state index in [0.717, 1.165) is 74.1 Å². The Bertz CT molecular complexity index is 1590. The summed E-state index contributed by atoms with van der Waals surface area (Å²) in [4.78, 5) is 42.4. The molecular formula is C30H33N7O3. The summed E-state index contributed by atoms with van der Waals surface area (Å²) in [6.07, 6.45) is 7.67. The van der Waals surface area contributed by atoms with Crippen LogP contribution in [0.15, 0.2) is 53.6 Å². The van der Waals surface area contributed by atoms with Crippen molar-refractivity contribution in [2.24, 2.45) is 0 Å². The molecule has 10 nitrogen and oxygen atoms in total. The molecule has 0 spiro atoms. The van der Waals surface area contributed by atoms with Gasteiger partial charge in [-0.2, -0.15) is 4.98 Å². The molecule has 206 valence electrons. The highest BCUT2D eigenvalue weighted by Crippen LogP contribution is 2.34. The van der Waals surface area contributed by atoms with Crippen LogP contribution in [0.2, 0.25) is 0 Å². The molecule has 6 rings (SSSR count). The highest BCUT2D eigenvalue weighted by atomic mass is 16.5. The number of aromatic nitrogens is 4. The van der Waals surface area contributed by atoms with Crippen LogP contribution in [-0.2, 0) is 4.74 Å². The second kappa shape index (κ2) is 11.1. The molecule has 0 amide bonds. The third-order valence-electron chi connectivity index (χ3n) is 7.96. The van der Waals surface area contributed by atoms with E-state index in [1.165, 1.54) is 7.11 Å². The lowest BCUT2D eigenvalue weighted by molar-refractivity contribution is 0.0600. The van der Waals surface area contributed by atoms with E-state index in [1.807, 2.05) is 23.8 Å². The molecule has 10 heteroatoms. The van der Waals surface area contributed by atoms with Crippen molar-refractivity contribution in [3.05, 3.63) is 70.3 Å². The molecule has 1 saturated carbocycles. The maximum atomic E-state index is 14.1. The number of nitrogens with one attached hydrogen (secondary N) is 2. The van der Waals surface area contributed by atoms with Gasteiger partial charge in [-0.3, -0.25) is 9.36 Å². The van der Waals surface area contributed by atoms with Gasteiger partial charge in [0.05, 0.1) is 30.1 Å². The van der Waals surface area contributed by atoms with E-state index in [-0.39, 0.29) is 11.6 Å². The summed E-state index contributed by atoms with van der Waals surface area (Å²) in [5.41, 5.74) is 4.24. The van der Waals surface area contributed by atoms with Crippen molar-refractivity contribution in [1.29, 1.82) is 0 Å². The molecule has 2 fully saturated rings. The summed E-state index contributed by atoms with van der Waals surface area (Å²) in [7, 11) is 1.35. The zero-order valence-electron chi connectivity index (χ0n) is 22.8. The normalized spacial score (nSPS) is 15.9. The number of carbonyl (C=O) groups excluding carboxylic acids is 1. The van der Waals surface area contributed by atoms with E-state index in [1.54, 1.807) is 30.5 Å². The van der Waals surface area contributed by atoms with Gasteiger partial charge in [0.25, 0.3) is 5.56 Å². The quantitative estimate of drug-likeness (QED) is 0.348. The molecule has 1 saturated heterocycles. The van der Waals surface area contributed by atoms with Gasteiger partial charge in [-0.05, 0) is 55.2 Å². The van der Waals surface area contributed by atoms with Crippen LogP contribution in [0.4, 0.5) is 17.5 Å². The van der Waals surface area contributed by atoms with Crippen LogP contribution in [-0.4, -0.2) is 58.8 Å². The molecule has 1 aliphatic carbocycles. The van der Waals surface area contributed by atoms with Gasteiger partial charge in [0.1, 0.15) is 11.5 Å². The van der Waals surface area contributed by atoms with Gasteiger partial charge in [0.2, 0.25) is 5.95 Å². The molecule has 3 aromatic heterocycles. The van der Waals surface area contributed by atoms with Crippen LogP contribution in [0.25, 0.3) is 22.2 Å². The molecule has 0 unspecified atom stereocenters. The first kappa shape index (κ1) is 25.9. The summed E-state index contributed by atoms with van der Waals surface area (Å²) in [5.74, 6) is 0.634. The summed E-state index contributed by atoms with van der Waals surface area (Å²) >= 11 is 0. The summed E-state index contributed by atoms with van der Waals surface area (Å²) < 4.78 is 6.68. The Hall–Kier alpha value is -4.31. The lowest BCUT2D eigenvalue weighted by Gasteiger charge is -2.29. The number of anilines is 3. The van der Waals surface area contributed by atoms with Crippen molar-refractivity contribution in [2.75, 3.05) is 43.5 Å². The molecule has 2 N–H and O–H groups in total. The van der Waals surface area contributed by atoms with E-state index in [9.17, 15) is 9.59 Å². The number of nitrogens with zero attached hydrogens (tertiary/aromatic N) is 5. The number of rotatable bonds is 6. The summed E-state index contributed by atoms with van der Waals surface area (Å²) in [5, 5.41) is 7.42. The van der Waals surface area contributed by atoms with E-state index in [4.69, 9.17) is 9.72 Å². The molecule has 0 bridgehead atoms. The van der Waals surface area contributed by atoms with Crippen LogP contribution in [0.1, 0.15) is 47.6 Å². The van der Waals surface area contributed by atoms with Crippen molar-refractivity contribution < 1.29 is 9.53 Å². The zero-order chi connectivity index (χ0) is 27.6. The number of piperazine rings is 1. The predicted molar refractivity (Wildman–Crippen MR) is 155 cm³/mol. The fourth-order valence-corrected chi connectivity index (χ4v) is 5.81. The fraction of sp³-hybridized carbons (Fsp3) is 0.367. The van der Waals surface area contributed by atoms with Gasteiger partial charge < -0.3 is 20.3 Å². The van der Waals surface area contributed by atoms with Crippen molar-refractivity contribution in [3.8, 4) is 11.1 Å². The number of methoxy groups -OCH3 is 1. The highest BCUT2D eigenvalue weighted by Gasteiger charge is 2.25. The van der Waals surface area contributed by atoms with Gasteiger partial charge >= 0.3 is 5.97 Å². The SMILES string of the molecule is COC(=O)c1ccc(-c2c(C)c3cnc(Nc4ccc(N5CCNCC5)cn4)nc3n(C3CCCC3)c2=O)cc1. The standard InChI is InChI=1S/C30H33N7O3/c1-19-24-18-33-30(34-25-12-11-23(17-32-25)36-15-13-31-14-16-36)35-27(24)37(22-5-3-4-6-22)28(38)26(19)20-7-9-21(10-8-20)29(39)40-2/h7-12,17-18,22,31H,3-6,13-16H2,1-2H3,(H,32,33,34,35). The summed E-state index contributed by atoms with van der Waals surface area (Å²) in [6.45, 7) is 5.77. The molecule has 0 radical (unpaired) electrons. The smallest absolute Gasteiger partial charge is 0.337 e. The predicted octanol–water partition coefficient (Wildman–Crippen LogP) is 4.22. The maximum Gasteiger partial charge on any atom is 0.337 e. The van der Waals surface area contributed by atoms with E-state index in [2.05, 4.69) is 31.6 Å². The number of ether oxygens (including phenoxy) is 1. The Morgan fingerprint density at radius 3 is 2.45 bits per heavy atom. The number of benzene rings is 1. The van der Waals surface area contributed by atoms with Crippen LogP contribution < -0.4 is 21.1 Å². The molecule has 40 heavy (non-hydrogen) atoms. The highest BCUT2D eigenvalue weighted by molar-refractivity contribution is 5.91. The van der Waals surface area contributed by atoms with Gasteiger partial charge in [-0.15, -0.1) is 0 Å². The summed E-state index contributed by atoms with van der Waals surface area (Å²) in [6, 6.07) is 11.0. The second-order valence-corrected chi connectivity index (χ2v) is 10.4. The largest absolute Gasteiger partial charge is 0.465 e. The van der Waals surface area contributed by atoms with E-state index in [0.29, 0.717) is 28.5 Å². The molecule has 4 heterocycles. The van der Waals surface area contributed by atoms with Crippen molar-refractivity contribution >= 4 is 34.5 Å². The maximum absolute atomic E-state index is 14.1. The molecule has 4 aromatic rings. The number of hydrogen-bond donors (Lipinski definition) is 2. The van der Waals surface area contributed by atoms with Crippen LogP contribution in [0, 0.1) is 6.92 Å². The lowest BCUT2D eigenvalue weighted by Crippen LogP contribution is -2.43. The Kier molecular flexibility index (Phi) is 7.17. The first-order valence-corrected chi connectivity index (χ1v) is 13.8. The minimum absolute atomic E-state index is 0.0721. The molecule has 0 atom stereocenters. The topological polar surface area (TPSA) is 114 Å². The van der Waals surface area contributed by atoms with Gasteiger partial charge in [0, 0.05) is 43.8 Å². The number of hydrogen-bond acceptors (Lipinski definition) is 9. The zero-order valence-corrected chi connectivity index (χ0v) is 22.8. The van der Waals surface area contributed by atoms with Crippen molar-refractivity contribution in [1.82, 2.24) is 24.8 Å². The number of aryl methyl sites for hydroxylation is 1. The van der Waals surface area contributed by atoms with Crippen molar-refractivity contribution in [2.45, 2.75) is 38.6 Å². The molecule has 1 aromatic carbocycles. The number of esters is 1. The van der Waals surface area contributed by atoms with Gasteiger partial charge in [0.15, 0.2) is 0 Å². The Labute approximate surface area is 232 Å². The Morgan fingerprint density at radius 2 is 1.77 bits per heavy atom. The van der Waals surface area contributed by atoms with Gasteiger partial charge in [-0.1, -0.05) is 25.0 Å². The molecule has 1 aliphatic heterocycles. The second-order valence-electron chi connectivity index (χ2n) is 10.4. The molecular weight excluding hydrogens is 506 g/mol. The lowest BCUT2D eigenvalue weighted by atomic mass is 9.98. The third-order valence-corrected chi connectivity index (χ3v) is 7.96. The Morgan fingerprint density at radius 1 is 1.02 bits per heavy atom. The van der Waals surface area contributed by atoms with Crippen LogP contribution >= 0.6 is 0 Å². The first-order valence-electron chi connectivity index (χ1n) is 13.8. The minimum atomic E-state index is -0.411. The van der Waals surface area contributed by atoms with Crippen LogP contribution in [0.5, 0.6) is 0 Å². The monoisotopic (exact) mass is 539 g/mol. The van der Waals surface area contributed by atoms with E-state index < -0.39 is 5.97 Å². The third kappa shape index (κ3) is 4.90. The van der Waals surface area contributed by atoms with Gasteiger partial charge in [-0.25, -0.2) is 14.8 Å². The number of pyridine rings is 2. The number of carbonyl (C=O) groups is 1. The van der Waals surface area contributed by atoms with Crippen molar-refractivity contribution in [3.63, 3.8) is 0 Å². The fourth-order valence-electron chi connectivity index (χ4n) is 5.81.